The van der Waals surface area contributed by atoms with Gasteiger partial charge >= 0.3 is 23.9 Å². The normalized spacial score (nSPS) is 8.59. The van der Waals surface area contributed by atoms with E-state index in [1.807, 2.05) is 0 Å². The molecule has 0 N–H and O–H groups in total. The Balaban J connectivity index is -0.000000143. The van der Waals surface area contributed by atoms with E-state index in [1.165, 1.54) is 28.0 Å². The summed E-state index contributed by atoms with van der Waals surface area (Å²) in [7, 11) is 2.66. The molecule has 0 amide bonds. The zero-order chi connectivity index (χ0) is 12.8. The van der Waals surface area contributed by atoms with Gasteiger partial charge in [-0.3, -0.25) is 0 Å². The second-order valence-electron chi connectivity index (χ2n) is 2.74. The molecule has 0 aromatic rings. The standard InChI is InChI=1S/C6H10O4S2.C4H9.Sn.H2/c7-5(8)1-3-11-12-4-2-6(9)10;1-3-4-2;;/h1-4H2,(H,7,8)(H,9,10);1,3-4H2,2H3;;1H/q;;+2;/p-2. The maximum Gasteiger partial charge on any atom is 2.00 e. The van der Waals surface area contributed by atoms with Gasteiger partial charge in [0.15, 0.2) is 0 Å². The van der Waals surface area contributed by atoms with Gasteiger partial charge in [0.25, 0.3) is 0 Å². The third kappa shape index (κ3) is 31.5. The first-order valence-corrected chi connectivity index (χ1v) is 7.46. The fraction of sp³-hybridized carbons (Fsp3) is 0.700. The molecular weight excluding hydrogens is 367 g/mol. The molecule has 7 heteroatoms. The van der Waals surface area contributed by atoms with Gasteiger partial charge in [-0.05, 0) is 12.8 Å². The average molecular weight is 386 g/mol. The van der Waals surface area contributed by atoms with Crippen LogP contribution in [0.25, 0.3) is 0 Å². The number of hydrogen-bond donors (Lipinski definition) is 0. The van der Waals surface area contributed by atoms with Crippen LogP contribution in [0.2, 0.25) is 0 Å². The molecule has 3 radical (unpaired) electrons. The van der Waals surface area contributed by atoms with Crippen LogP contribution in [-0.2, 0) is 9.59 Å². The number of carbonyl (C=O) groups excluding carboxylic acids is 2. The van der Waals surface area contributed by atoms with Crippen LogP contribution in [0.3, 0.4) is 0 Å². The number of carboxylic acid groups (broad SMARTS) is 2. The predicted octanol–water partition coefficient (Wildman–Crippen LogP) is 0.134. The zero-order valence-corrected chi connectivity index (χ0v) is 14.4. The molecule has 0 saturated heterocycles. The number of unbranched alkanes of at least 4 members (excludes halogenated alkanes) is 1. The summed E-state index contributed by atoms with van der Waals surface area (Å²) in [5.41, 5.74) is 0. The maximum absolute atomic E-state index is 9.90. The van der Waals surface area contributed by atoms with Gasteiger partial charge in [0.05, 0.1) is 0 Å². The van der Waals surface area contributed by atoms with E-state index >= 15 is 0 Å². The molecule has 0 aromatic carbocycles. The van der Waals surface area contributed by atoms with Crippen molar-refractivity contribution >= 4 is 57.4 Å². The van der Waals surface area contributed by atoms with Crippen molar-refractivity contribution in [2.45, 2.75) is 32.6 Å². The van der Waals surface area contributed by atoms with E-state index in [4.69, 9.17) is 0 Å². The number of hydrogen-bond acceptors (Lipinski definition) is 6. The molecule has 0 spiro atoms. The molecule has 4 nitrogen and oxygen atoms in total. The molecule has 0 aliphatic heterocycles. The Labute approximate surface area is 129 Å². The van der Waals surface area contributed by atoms with Crippen LogP contribution in [0.15, 0.2) is 0 Å². The fourth-order valence-electron chi connectivity index (χ4n) is 0.368. The molecule has 17 heavy (non-hydrogen) atoms. The minimum atomic E-state index is -1.08. The Bertz CT molecular complexity index is 177. The summed E-state index contributed by atoms with van der Waals surface area (Å²) in [6.45, 7) is 5.72. The molecule has 0 rings (SSSR count). The molecular formula is C10H19O4S2Sn. The molecule has 0 heterocycles. The van der Waals surface area contributed by atoms with Crippen molar-refractivity contribution < 1.29 is 21.2 Å². The molecule has 0 aromatic heterocycles. The zero-order valence-electron chi connectivity index (χ0n) is 9.90. The monoisotopic (exact) mass is 387 g/mol. The summed E-state index contributed by atoms with van der Waals surface area (Å²) < 4.78 is 0. The number of carboxylic acids is 2. The van der Waals surface area contributed by atoms with Crippen molar-refractivity contribution in [3.05, 3.63) is 6.92 Å². The maximum atomic E-state index is 9.90. The molecule has 0 aliphatic carbocycles. The van der Waals surface area contributed by atoms with Crippen LogP contribution >= 0.6 is 21.6 Å². The van der Waals surface area contributed by atoms with E-state index in [0.29, 0.717) is 11.5 Å². The molecule has 0 unspecified atom stereocenters. The van der Waals surface area contributed by atoms with Gasteiger partial charge in [0, 0.05) is 24.9 Å². The Morgan fingerprint density at radius 3 is 1.59 bits per heavy atom. The van der Waals surface area contributed by atoms with Crippen LogP contribution < -0.4 is 10.2 Å². The van der Waals surface area contributed by atoms with Gasteiger partial charge in [0.2, 0.25) is 0 Å². The van der Waals surface area contributed by atoms with Crippen molar-refractivity contribution in [1.82, 2.24) is 0 Å². The summed E-state index contributed by atoms with van der Waals surface area (Å²) in [5.74, 6) is -1.27. The third-order valence-electron chi connectivity index (χ3n) is 1.22. The molecule has 0 bridgehead atoms. The topological polar surface area (TPSA) is 80.3 Å². The smallest absolute Gasteiger partial charge is 0.550 e. The Hall–Kier alpha value is 0.439. The number of rotatable bonds is 8. The third-order valence-corrected chi connectivity index (χ3v) is 3.62. The van der Waals surface area contributed by atoms with E-state index in [9.17, 15) is 19.8 Å². The minimum absolute atomic E-state index is 0. The van der Waals surface area contributed by atoms with Crippen molar-refractivity contribution in [2.75, 3.05) is 11.5 Å². The fourth-order valence-corrected chi connectivity index (χ4v) is 2.31. The van der Waals surface area contributed by atoms with Crippen molar-refractivity contribution in [1.29, 1.82) is 0 Å². The first kappa shape index (κ1) is 22.6. The first-order valence-electron chi connectivity index (χ1n) is 4.97. The summed E-state index contributed by atoms with van der Waals surface area (Å²) in [5, 5.41) is 19.8. The Kier molecular flexibility index (Phi) is 25.0. The van der Waals surface area contributed by atoms with Crippen molar-refractivity contribution in [3.63, 3.8) is 0 Å². The summed E-state index contributed by atoms with van der Waals surface area (Å²) in [6.07, 6.45) is 2.28. The SMILES string of the molecule is O=C([O-])CCSSCCC(=O)[O-].[CH2]CCC.[HH].[Sn+2]. The minimum Gasteiger partial charge on any atom is -0.550 e. The molecule has 0 atom stereocenters. The molecule has 0 saturated carbocycles. The van der Waals surface area contributed by atoms with Gasteiger partial charge in [-0.2, -0.15) is 0 Å². The van der Waals surface area contributed by atoms with E-state index in [2.05, 4.69) is 13.8 Å². The summed E-state index contributed by atoms with van der Waals surface area (Å²) in [4.78, 5) is 19.8. The Morgan fingerprint density at radius 2 is 1.41 bits per heavy atom. The van der Waals surface area contributed by atoms with Crippen molar-refractivity contribution in [3.8, 4) is 0 Å². The van der Waals surface area contributed by atoms with Gasteiger partial charge in [-0.1, -0.05) is 48.3 Å². The summed E-state index contributed by atoms with van der Waals surface area (Å²) >= 11 is 0. The van der Waals surface area contributed by atoms with E-state index in [1.54, 1.807) is 0 Å². The van der Waals surface area contributed by atoms with E-state index in [-0.39, 0.29) is 38.2 Å². The first-order chi connectivity index (χ1) is 7.54. The largest absolute Gasteiger partial charge is 2.00 e. The van der Waals surface area contributed by atoms with Crippen LogP contribution in [0.4, 0.5) is 0 Å². The summed E-state index contributed by atoms with van der Waals surface area (Å²) in [6, 6.07) is 0. The van der Waals surface area contributed by atoms with Gasteiger partial charge in [-0.15, -0.1) is 0 Å². The van der Waals surface area contributed by atoms with Crippen LogP contribution in [-0.4, -0.2) is 47.4 Å². The van der Waals surface area contributed by atoms with Gasteiger partial charge in [0.1, 0.15) is 0 Å². The number of carbonyl (C=O) groups is 2. The van der Waals surface area contributed by atoms with Gasteiger partial charge in [-0.25, -0.2) is 0 Å². The van der Waals surface area contributed by atoms with Crippen molar-refractivity contribution in [2.24, 2.45) is 0 Å². The van der Waals surface area contributed by atoms with Crippen LogP contribution in [0, 0.1) is 6.92 Å². The average Bonchev–Trinajstić information content (AvgIpc) is 2.23. The molecule has 0 fully saturated rings. The van der Waals surface area contributed by atoms with Gasteiger partial charge < -0.3 is 19.8 Å². The number of aliphatic carboxylic acids is 2. The van der Waals surface area contributed by atoms with E-state index in [0.717, 1.165) is 6.42 Å². The quantitative estimate of drug-likeness (QED) is 0.335. The Morgan fingerprint density at radius 1 is 1.12 bits per heavy atom. The van der Waals surface area contributed by atoms with Crippen LogP contribution in [0.5, 0.6) is 0 Å². The second-order valence-corrected chi connectivity index (χ2v) is 5.44. The molecule has 0 aliphatic rings. The predicted molar refractivity (Wildman–Crippen MR) is 72.3 cm³/mol. The van der Waals surface area contributed by atoms with Crippen LogP contribution in [0.1, 0.15) is 34.0 Å². The van der Waals surface area contributed by atoms with E-state index < -0.39 is 11.9 Å². The molecule has 99 valence electrons. The second kappa shape index (κ2) is 18.8.